The molecule has 1 heterocycles. The van der Waals surface area contributed by atoms with Crippen LogP contribution in [-0.2, 0) is 0 Å². The van der Waals surface area contributed by atoms with Gasteiger partial charge < -0.3 is 4.57 Å². The first-order chi connectivity index (χ1) is 11.2. The Hall–Kier alpha value is -2.54. The summed E-state index contributed by atoms with van der Waals surface area (Å²) >= 11 is 0. The summed E-state index contributed by atoms with van der Waals surface area (Å²) in [5.74, 6) is 0. The van der Waals surface area contributed by atoms with Crippen molar-refractivity contribution in [1.29, 1.82) is 0 Å². The highest BCUT2D eigenvalue weighted by Gasteiger charge is 2.11. The second-order valence-corrected chi connectivity index (χ2v) is 5.71. The van der Waals surface area contributed by atoms with E-state index in [0.29, 0.717) is 0 Å². The van der Waals surface area contributed by atoms with E-state index in [1.807, 2.05) is 13.8 Å². The molecule has 4 rings (SSSR count). The van der Waals surface area contributed by atoms with Gasteiger partial charge in [-0.25, -0.2) is 0 Å². The minimum atomic E-state index is 1.21. The average molecular weight is 301 g/mol. The van der Waals surface area contributed by atoms with Crippen molar-refractivity contribution >= 4 is 21.8 Å². The van der Waals surface area contributed by atoms with E-state index in [1.54, 1.807) is 0 Å². The van der Waals surface area contributed by atoms with Crippen molar-refractivity contribution in [3.05, 3.63) is 77.9 Å². The zero-order valence-corrected chi connectivity index (χ0v) is 14.3. The number of fused-ring (bicyclic) bond motifs is 3. The summed E-state index contributed by atoms with van der Waals surface area (Å²) < 4.78 is 2.36. The van der Waals surface area contributed by atoms with Gasteiger partial charge in [0, 0.05) is 16.5 Å². The number of hydrogen-bond donors (Lipinski definition) is 0. The maximum absolute atomic E-state index is 2.36. The quantitative estimate of drug-likeness (QED) is 0.382. The van der Waals surface area contributed by atoms with Crippen molar-refractivity contribution in [2.75, 3.05) is 0 Å². The first kappa shape index (κ1) is 15.4. The molecule has 116 valence electrons. The summed E-state index contributed by atoms with van der Waals surface area (Å²) in [5, 5.41) is 2.65. The van der Waals surface area contributed by atoms with Crippen LogP contribution in [0.5, 0.6) is 0 Å². The number of aromatic nitrogens is 1. The first-order valence-corrected chi connectivity index (χ1v) is 8.31. The van der Waals surface area contributed by atoms with Gasteiger partial charge in [0.05, 0.1) is 11.0 Å². The molecule has 0 saturated heterocycles. The Balaban J connectivity index is 0.000000753. The highest BCUT2D eigenvalue weighted by Crippen LogP contribution is 2.32. The molecule has 0 atom stereocenters. The summed E-state index contributed by atoms with van der Waals surface area (Å²) in [7, 11) is 0. The zero-order chi connectivity index (χ0) is 16.4. The maximum atomic E-state index is 2.36. The van der Waals surface area contributed by atoms with Gasteiger partial charge >= 0.3 is 0 Å². The van der Waals surface area contributed by atoms with Gasteiger partial charge in [-0.2, -0.15) is 0 Å². The zero-order valence-electron chi connectivity index (χ0n) is 14.3. The molecule has 23 heavy (non-hydrogen) atoms. The van der Waals surface area contributed by atoms with Gasteiger partial charge in [-0.15, -0.1) is 0 Å². The van der Waals surface area contributed by atoms with E-state index in [9.17, 15) is 0 Å². The SMILES string of the molecule is CC.Cc1ccc2c(c1)c1ccc(C)cc1n2-c1ccccc1. The first-order valence-electron chi connectivity index (χ1n) is 8.31. The van der Waals surface area contributed by atoms with Gasteiger partial charge in [0.25, 0.3) is 0 Å². The van der Waals surface area contributed by atoms with Crippen LogP contribution in [0.15, 0.2) is 66.7 Å². The number of nitrogens with zero attached hydrogens (tertiary/aromatic N) is 1. The van der Waals surface area contributed by atoms with E-state index >= 15 is 0 Å². The highest BCUT2D eigenvalue weighted by molar-refractivity contribution is 6.09. The molecule has 0 bridgehead atoms. The van der Waals surface area contributed by atoms with Gasteiger partial charge in [-0.1, -0.05) is 55.8 Å². The van der Waals surface area contributed by atoms with Crippen LogP contribution >= 0.6 is 0 Å². The van der Waals surface area contributed by atoms with Crippen LogP contribution in [0.25, 0.3) is 27.5 Å². The van der Waals surface area contributed by atoms with Gasteiger partial charge in [0.1, 0.15) is 0 Å². The standard InChI is InChI=1S/C20H17N.C2H6/c1-14-9-11-19-18(12-14)17-10-8-15(2)13-20(17)21(19)16-6-4-3-5-7-16;1-2/h3-13H,1-2H3;1-2H3. The Bertz CT molecular complexity index is 946. The lowest BCUT2D eigenvalue weighted by Crippen LogP contribution is -1.93. The molecule has 0 aliphatic rings. The van der Waals surface area contributed by atoms with Crippen LogP contribution in [0.2, 0.25) is 0 Å². The second kappa shape index (κ2) is 6.29. The topological polar surface area (TPSA) is 4.93 Å². The normalized spacial score (nSPS) is 10.6. The Morgan fingerprint density at radius 3 is 2.00 bits per heavy atom. The monoisotopic (exact) mass is 301 g/mol. The van der Waals surface area contributed by atoms with Crippen molar-refractivity contribution in [2.45, 2.75) is 27.7 Å². The van der Waals surface area contributed by atoms with E-state index < -0.39 is 0 Å². The molecule has 0 aliphatic heterocycles. The summed E-state index contributed by atoms with van der Waals surface area (Å²) in [6.45, 7) is 8.30. The maximum Gasteiger partial charge on any atom is 0.0543 e. The van der Waals surface area contributed by atoms with E-state index in [1.165, 1.54) is 38.6 Å². The molecule has 1 nitrogen and oxygen atoms in total. The van der Waals surface area contributed by atoms with Crippen LogP contribution in [0.4, 0.5) is 0 Å². The highest BCUT2D eigenvalue weighted by atomic mass is 15.0. The molecule has 3 aromatic carbocycles. The fourth-order valence-electron chi connectivity index (χ4n) is 3.10. The van der Waals surface area contributed by atoms with Crippen LogP contribution in [0.3, 0.4) is 0 Å². The number of rotatable bonds is 1. The molecule has 0 N–H and O–H groups in total. The number of benzene rings is 3. The third kappa shape index (κ3) is 2.63. The molecule has 0 saturated carbocycles. The minimum absolute atomic E-state index is 1.21. The molecular weight excluding hydrogens is 278 g/mol. The van der Waals surface area contributed by atoms with Crippen molar-refractivity contribution < 1.29 is 0 Å². The van der Waals surface area contributed by atoms with Crippen molar-refractivity contribution in [3.8, 4) is 5.69 Å². The fraction of sp³-hybridized carbons (Fsp3) is 0.182. The number of para-hydroxylation sites is 1. The van der Waals surface area contributed by atoms with E-state index in [2.05, 4.69) is 85.1 Å². The summed E-state index contributed by atoms with van der Waals surface area (Å²) in [5.41, 5.74) is 6.36. The smallest absolute Gasteiger partial charge is 0.0543 e. The average Bonchev–Trinajstić information content (AvgIpc) is 2.90. The Morgan fingerprint density at radius 1 is 0.609 bits per heavy atom. The molecule has 0 radical (unpaired) electrons. The molecule has 0 aliphatic carbocycles. The Labute approximate surface area is 138 Å². The predicted octanol–water partition coefficient (Wildman–Crippen LogP) is 6.43. The third-order valence-electron chi connectivity index (χ3n) is 4.09. The second-order valence-electron chi connectivity index (χ2n) is 5.71. The fourth-order valence-corrected chi connectivity index (χ4v) is 3.10. The lowest BCUT2D eigenvalue weighted by molar-refractivity contribution is 1.18. The molecule has 0 amide bonds. The molecule has 0 spiro atoms. The molecular formula is C22H23N. The molecule has 1 aromatic heterocycles. The summed E-state index contributed by atoms with van der Waals surface area (Å²) in [6, 6.07) is 24.0. The molecule has 0 fully saturated rings. The lowest BCUT2D eigenvalue weighted by Gasteiger charge is -2.07. The lowest BCUT2D eigenvalue weighted by atomic mass is 10.1. The third-order valence-corrected chi connectivity index (χ3v) is 4.09. The van der Waals surface area contributed by atoms with Gasteiger partial charge in [-0.05, 0) is 49.7 Å². The van der Waals surface area contributed by atoms with E-state index in [4.69, 9.17) is 0 Å². The van der Waals surface area contributed by atoms with Crippen molar-refractivity contribution in [3.63, 3.8) is 0 Å². The van der Waals surface area contributed by atoms with Gasteiger partial charge in [-0.3, -0.25) is 0 Å². The molecule has 4 aromatic rings. The van der Waals surface area contributed by atoms with E-state index in [-0.39, 0.29) is 0 Å². The van der Waals surface area contributed by atoms with Crippen LogP contribution in [0.1, 0.15) is 25.0 Å². The van der Waals surface area contributed by atoms with Crippen LogP contribution < -0.4 is 0 Å². The summed E-state index contributed by atoms with van der Waals surface area (Å²) in [6.07, 6.45) is 0. The Kier molecular flexibility index (Phi) is 4.20. The molecule has 0 unspecified atom stereocenters. The largest absolute Gasteiger partial charge is 0.309 e. The van der Waals surface area contributed by atoms with Gasteiger partial charge in [0.2, 0.25) is 0 Å². The van der Waals surface area contributed by atoms with Crippen LogP contribution in [-0.4, -0.2) is 4.57 Å². The number of hydrogen-bond acceptors (Lipinski definition) is 0. The summed E-state index contributed by atoms with van der Waals surface area (Å²) in [4.78, 5) is 0. The van der Waals surface area contributed by atoms with E-state index in [0.717, 1.165) is 0 Å². The predicted molar refractivity (Wildman–Crippen MR) is 102 cm³/mol. The number of aryl methyl sites for hydroxylation is 2. The van der Waals surface area contributed by atoms with Crippen LogP contribution in [0, 0.1) is 13.8 Å². The molecule has 1 heteroatoms. The Morgan fingerprint density at radius 2 is 1.26 bits per heavy atom. The van der Waals surface area contributed by atoms with Gasteiger partial charge in [0.15, 0.2) is 0 Å². The minimum Gasteiger partial charge on any atom is -0.309 e. The van der Waals surface area contributed by atoms with Crippen molar-refractivity contribution in [1.82, 2.24) is 4.57 Å². The van der Waals surface area contributed by atoms with Crippen molar-refractivity contribution in [2.24, 2.45) is 0 Å².